The number of alkyl halides is 3. The van der Waals surface area contributed by atoms with Crippen molar-refractivity contribution in [1.82, 2.24) is 14.9 Å². The van der Waals surface area contributed by atoms with Gasteiger partial charge in [0, 0.05) is 36.9 Å². The van der Waals surface area contributed by atoms with E-state index in [0.717, 1.165) is 43.3 Å². The first-order chi connectivity index (χ1) is 16.2. The van der Waals surface area contributed by atoms with E-state index in [-0.39, 0.29) is 11.9 Å². The molecule has 34 heavy (non-hydrogen) atoms. The Morgan fingerprint density at radius 3 is 2.65 bits per heavy atom. The number of piperidine rings is 2. The highest BCUT2D eigenvalue weighted by molar-refractivity contribution is 5.86. The fourth-order valence-electron chi connectivity index (χ4n) is 4.91. The van der Waals surface area contributed by atoms with Gasteiger partial charge in [-0.2, -0.15) is 13.2 Å². The summed E-state index contributed by atoms with van der Waals surface area (Å²) in [6, 6.07) is 3.42. The molecule has 2 saturated heterocycles. The van der Waals surface area contributed by atoms with E-state index in [1.807, 2.05) is 18.7 Å². The van der Waals surface area contributed by atoms with Crippen LogP contribution in [0.15, 0.2) is 24.5 Å². The van der Waals surface area contributed by atoms with Crippen LogP contribution in [0, 0.1) is 6.92 Å². The van der Waals surface area contributed by atoms with E-state index in [1.165, 1.54) is 12.4 Å². The van der Waals surface area contributed by atoms with E-state index in [4.69, 9.17) is 5.73 Å². The fraction of sp³-hybridized carbons (Fsp3) is 0.542. The van der Waals surface area contributed by atoms with Crippen LogP contribution in [0.5, 0.6) is 0 Å². The molecule has 2 aromatic rings. The maximum atomic E-state index is 13.4. The molecule has 1 amide bonds. The fourth-order valence-corrected chi connectivity index (χ4v) is 4.91. The quantitative estimate of drug-likeness (QED) is 0.678. The van der Waals surface area contributed by atoms with Crippen molar-refractivity contribution in [2.24, 2.45) is 0 Å². The number of rotatable bonds is 5. The molecule has 0 radical (unpaired) electrons. The van der Waals surface area contributed by atoms with Crippen LogP contribution in [0.2, 0.25) is 0 Å². The summed E-state index contributed by atoms with van der Waals surface area (Å²) < 4.78 is 40.0. The molecule has 2 fully saturated rings. The molecular weight excluding hydrogens is 445 g/mol. The molecule has 4 rings (SSSR count). The second-order valence-electron chi connectivity index (χ2n) is 9.09. The van der Waals surface area contributed by atoms with E-state index in [0.29, 0.717) is 43.0 Å². The second kappa shape index (κ2) is 9.68. The highest BCUT2D eigenvalue weighted by Crippen LogP contribution is 2.33. The molecule has 3 N–H and O–H groups in total. The molecule has 10 heteroatoms. The zero-order valence-electron chi connectivity index (χ0n) is 19.5. The summed E-state index contributed by atoms with van der Waals surface area (Å²) in [4.78, 5) is 25.9. The average molecular weight is 477 g/mol. The number of anilines is 3. The molecule has 2 atom stereocenters. The normalized spacial score (nSPS) is 21.6. The predicted molar refractivity (Wildman–Crippen MR) is 126 cm³/mol. The van der Waals surface area contributed by atoms with Crippen LogP contribution in [-0.4, -0.2) is 52.5 Å². The van der Waals surface area contributed by atoms with Gasteiger partial charge in [-0.3, -0.25) is 4.79 Å². The summed E-state index contributed by atoms with van der Waals surface area (Å²) in [6.07, 6.45) is 0.658. The Morgan fingerprint density at radius 2 is 1.91 bits per heavy atom. The highest BCUT2D eigenvalue weighted by Gasteiger charge is 2.36. The lowest BCUT2D eigenvalue weighted by Crippen LogP contribution is -2.56. The molecule has 0 aliphatic carbocycles. The van der Waals surface area contributed by atoms with Crippen LogP contribution >= 0.6 is 0 Å². The number of nitrogens with two attached hydrogens (primary N) is 1. The van der Waals surface area contributed by atoms with Gasteiger partial charge < -0.3 is 20.9 Å². The number of benzene rings is 1. The van der Waals surface area contributed by atoms with Crippen molar-refractivity contribution in [2.45, 2.75) is 64.2 Å². The minimum atomic E-state index is -4.43. The highest BCUT2D eigenvalue weighted by atomic mass is 19.4. The molecule has 1 aromatic heterocycles. The van der Waals surface area contributed by atoms with Crippen molar-refractivity contribution < 1.29 is 18.0 Å². The van der Waals surface area contributed by atoms with Gasteiger partial charge in [0.15, 0.2) is 0 Å². The Kier molecular flexibility index (Phi) is 6.86. The van der Waals surface area contributed by atoms with E-state index < -0.39 is 17.8 Å². The predicted octanol–water partition coefficient (Wildman–Crippen LogP) is 4.02. The molecule has 3 heterocycles. The molecule has 1 aromatic carbocycles. The van der Waals surface area contributed by atoms with Crippen molar-refractivity contribution in [2.75, 3.05) is 35.6 Å². The van der Waals surface area contributed by atoms with Crippen molar-refractivity contribution in [3.63, 3.8) is 0 Å². The summed E-state index contributed by atoms with van der Waals surface area (Å²) in [5.41, 5.74) is 7.00. The third kappa shape index (κ3) is 5.05. The second-order valence-corrected chi connectivity index (χ2v) is 9.09. The third-order valence-electron chi connectivity index (χ3n) is 6.78. The smallest absolute Gasteiger partial charge is 0.383 e. The number of hydrogen-bond donors (Lipinski definition) is 2. The number of amides is 1. The Bertz CT molecular complexity index is 1040. The zero-order chi connectivity index (χ0) is 24.5. The molecule has 0 saturated carbocycles. The van der Waals surface area contributed by atoms with E-state index in [9.17, 15) is 18.0 Å². The van der Waals surface area contributed by atoms with Gasteiger partial charge in [-0.1, -0.05) is 6.92 Å². The molecule has 7 nitrogen and oxygen atoms in total. The van der Waals surface area contributed by atoms with E-state index in [1.54, 1.807) is 6.07 Å². The van der Waals surface area contributed by atoms with Crippen molar-refractivity contribution in [3.8, 4) is 0 Å². The lowest BCUT2D eigenvalue weighted by molar-refractivity contribution is -0.137. The first kappa shape index (κ1) is 24.1. The van der Waals surface area contributed by atoms with Crippen molar-refractivity contribution in [3.05, 3.63) is 41.2 Å². The van der Waals surface area contributed by atoms with Gasteiger partial charge in [0.1, 0.15) is 24.0 Å². The Morgan fingerprint density at radius 1 is 1.15 bits per heavy atom. The van der Waals surface area contributed by atoms with Gasteiger partial charge in [-0.05, 0) is 62.8 Å². The summed E-state index contributed by atoms with van der Waals surface area (Å²) >= 11 is 0. The van der Waals surface area contributed by atoms with Gasteiger partial charge in [0.05, 0.1) is 5.56 Å². The van der Waals surface area contributed by atoms with Gasteiger partial charge in [-0.25, -0.2) is 9.97 Å². The molecule has 0 spiro atoms. The van der Waals surface area contributed by atoms with Crippen LogP contribution < -0.4 is 16.0 Å². The summed E-state index contributed by atoms with van der Waals surface area (Å²) in [7, 11) is 0. The average Bonchev–Trinajstić information content (AvgIpc) is 2.81. The molecule has 0 unspecified atom stereocenters. The zero-order valence-corrected chi connectivity index (χ0v) is 19.5. The number of nitrogens with zero attached hydrogens (tertiary/aromatic N) is 4. The Labute approximate surface area is 197 Å². The largest absolute Gasteiger partial charge is 0.416 e. The standard InChI is InChI=1S/C24H31F3N6O/c1-3-16-10-17(24(25,26)27)12-18(11-16)31-20-7-5-9-33(23(20)34)19-6-4-8-32(13-19)22-15(2)21(28)29-14-30-22/h10-12,14,19-20,31H,3-9,13H2,1-2H3,(H2,28,29,30)/t19-,20-/m1/s1. The van der Waals surface area contributed by atoms with Crippen LogP contribution in [-0.2, 0) is 17.4 Å². The lowest BCUT2D eigenvalue weighted by atomic mass is 9.97. The number of nitrogens with one attached hydrogen (secondary N) is 1. The summed E-state index contributed by atoms with van der Waals surface area (Å²) in [5, 5.41) is 3.10. The maximum absolute atomic E-state index is 13.4. The summed E-state index contributed by atoms with van der Waals surface area (Å²) in [6.45, 7) is 5.80. The van der Waals surface area contributed by atoms with Crippen LogP contribution in [0.3, 0.4) is 0 Å². The first-order valence-electron chi connectivity index (χ1n) is 11.8. The third-order valence-corrected chi connectivity index (χ3v) is 6.78. The number of aryl methyl sites for hydroxylation is 1. The number of aromatic nitrogens is 2. The number of nitrogen functional groups attached to an aromatic ring is 1. The number of carbonyl (C=O) groups is 1. The lowest BCUT2D eigenvalue weighted by Gasteiger charge is -2.43. The number of hydrogen-bond acceptors (Lipinski definition) is 6. The molecule has 0 bridgehead atoms. The molecule has 184 valence electrons. The van der Waals surface area contributed by atoms with Crippen LogP contribution in [0.1, 0.15) is 49.3 Å². The van der Waals surface area contributed by atoms with Crippen molar-refractivity contribution in [1.29, 1.82) is 0 Å². The van der Waals surface area contributed by atoms with Crippen molar-refractivity contribution >= 4 is 23.2 Å². The minimum Gasteiger partial charge on any atom is -0.383 e. The van der Waals surface area contributed by atoms with Gasteiger partial charge in [0.25, 0.3) is 0 Å². The Hall–Kier alpha value is -3.04. The van der Waals surface area contributed by atoms with Gasteiger partial charge in [-0.15, -0.1) is 0 Å². The number of likely N-dealkylation sites (tertiary alicyclic amines) is 1. The van der Waals surface area contributed by atoms with Gasteiger partial charge in [0.2, 0.25) is 5.91 Å². The monoisotopic (exact) mass is 476 g/mol. The minimum absolute atomic E-state index is 0.00847. The van der Waals surface area contributed by atoms with Gasteiger partial charge >= 0.3 is 6.18 Å². The topological polar surface area (TPSA) is 87.4 Å². The number of carbonyl (C=O) groups excluding carboxylic acids is 1. The van der Waals surface area contributed by atoms with Crippen LogP contribution in [0.25, 0.3) is 0 Å². The first-order valence-corrected chi connectivity index (χ1v) is 11.8. The summed E-state index contributed by atoms with van der Waals surface area (Å²) in [5.74, 6) is 1.16. The van der Waals surface area contributed by atoms with E-state index in [2.05, 4.69) is 20.2 Å². The van der Waals surface area contributed by atoms with E-state index >= 15 is 0 Å². The molecular formula is C24H31F3N6O. The molecule has 2 aliphatic rings. The number of halogens is 3. The molecule has 2 aliphatic heterocycles. The van der Waals surface area contributed by atoms with Crippen LogP contribution in [0.4, 0.5) is 30.5 Å². The maximum Gasteiger partial charge on any atom is 0.416 e. The Balaban J connectivity index is 1.50. The SMILES string of the molecule is CCc1cc(N[C@@H]2CCCN([C@@H]3CCCN(c4ncnc(N)c4C)C3)C2=O)cc(C(F)(F)F)c1.